The van der Waals surface area contributed by atoms with Crippen LogP contribution in [0.25, 0.3) is 0 Å². The molecule has 0 aromatic rings. The molecule has 0 aliphatic rings. The Morgan fingerprint density at radius 1 is 0.857 bits per heavy atom. The summed E-state index contributed by atoms with van der Waals surface area (Å²) in [5.74, 6) is -0.118. The molecular formula is C17H28N2O2. The lowest BCUT2D eigenvalue weighted by Gasteiger charge is -2.20. The highest BCUT2D eigenvalue weighted by molar-refractivity contribution is 5.87. The molecule has 4 nitrogen and oxygen atoms in total. The van der Waals surface area contributed by atoms with Crippen molar-refractivity contribution in [2.24, 2.45) is 0 Å². The highest BCUT2D eigenvalue weighted by Gasteiger charge is 2.08. The van der Waals surface area contributed by atoms with E-state index in [9.17, 15) is 9.59 Å². The molecule has 0 spiro atoms. The first-order chi connectivity index (χ1) is 10.1. The zero-order valence-electron chi connectivity index (χ0n) is 13.4. The van der Waals surface area contributed by atoms with Gasteiger partial charge in [0.25, 0.3) is 0 Å². The van der Waals surface area contributed by atoms with E-state index in [1.807, 2.05) is 19.1 Å². The average Bonchev–Trinajstić information content (AvgIpc) is 2.51. The summed E-state index contributed by atoms with van der Waals surface area (Å²) in [6.07, 6.45) is 9.45. The summed E-state index contributed by atoms with van der Waals surface area (Å²) in [5.41, 5.74) is 0. The molecule has 0 aromatic carbocycles. The molecule has 0 atom stereocenters. The van der Waals surface area contributed by atoms with E-state index in [0.29, 0.717) is 19.6 Å². The van der Waals surface area contributed by atoms with Gasteiger partial charge in [0, 0.05) is 26.2 Å². The fourth-order valence-corrected chi connectivity index (χ4v) is 1.86. The standard InChI is InChI=1S/C17H28N2O2/c1-5-9-13-19(17(21)8-4)15-11-10-14-18(12-6-2)16(20)7-3/h7-8,10-11H,3-6,9,12-15H2,1-2H3/b11-10+. The Kier molecular flexibility index (Phi) is 10.9. The van der Waals surface area contributed by atoms with Gasteiger partial charge in [-0.1, -0.05) is 45.6 Å². The molecule has 118 valence electrons. The Labute approximate surface area is 128 Å². The Hall–Kier alpha value is -1.84. The molecular weight excluding hydrogens is 264 g/mol. The van der Waals surface area contributed by atoms with E-state index in [4.69, 9.17) is 0 Å². The Bertz CT molecular complexity index is 375. The van der Waals surface area contributed by atoms with Gasteiger partial charge in [-0.25, -0.2) is 0 Å². The number of rotatable bonds is 11. The van der Waals surface area contributed by atoms with Crippen molar-refractivity contribution in [3.63, 3.8) is 0 Å². The van der Waals surface area contributed by atoms with Gasteiger partial charge in [-0.3, -0.25) is 9.59 Å². The first-order valence-corrected chi connectivity index (χ1v) is 7.58. The Morgan fingerprint density at radius 3 is 1.71 bits per heavy atom. The van der Waals surface area contributed by atoms with Gasteiger partial charge in [-0.05, 0) is 25.0 Å². The predicted octanol–water partition coefficient (Wildman–Crippen LogP) is 2.78. The topological polar surface area (TPSA) is 40.6 Å². The Balaban J connectivity index is 4.41. The third kappa shape index (κ3) is 8.12. The molecule has 0 aliphatic carbocycles. The van der Waals surface area contributed by atoms with Gasteiger partial charge in [-0.15, -0.1) is 0 Å². The number of hydrogen-bond acceptors (Lipinski definition) is 2. The lowest BCUT2D eigenvalue weighted by atomic mass is 10.3. The molecule has 0 fully saturated rings. The van der Waals surface area contributed by atoms with E-state index in [1.54, 1.807) is 9.80 Å². The van der Waals surface area contributed by atoms with Gasteiger partial charge >= 0.3 is 0 Å². The van der Waals surface area contributed by atoms with Crippen LogP contribution in [0.4, 0.5) is 0 Å². The summed E-state index contributed by atoms with van der Waals surface area (Å²) in [7, 11) is 0. The fraction of sp³-hybridized carbons (Fsp3) is 0.529. The van der Waals surface area contributed by atoms with E-state index in [-0.39, 0.29) is 11.8 Å². The number of nitrogens with zero attached hydrogens (tertiary/aromatic N) is 2. The number of carbonyl (C=O) groups excluding carboxylic acids is 2. The van der Waals surface area contributed by atoms with Gasteiger partial charge in [0.15, 0.2) is 0 Å². The number of carbonyl (C=O) groups is 2. The second kappa shape index (κ2) is 11.9. The minimum atomic E-state index is -0.0634. The normalized spacial score (nSPS) is 10.4. The third-order valence-corrected chi connectivity index (χ3v) is 3.07. The first kappa shape index (κ1) is 19.2. The monoisotopic (exact) mass is 292 g/mol. The van der Waals surface area contributed by atoms with E-state index >= 15 is 0 Å². The van der Waals surface area contributed by atoms with Gasteiger partial charge in [0.2, 0.25) is 11.8 Å². The maximum atomic E-state index is 11.7. The molecule has 0 N–H and O–H groups in total. The van der Waals surface area contributed by atoms with Gasteiger partial charge in [0.05, 0.1) is 0 Å². The van der Waals surface area contributed by atoms with E-state index in [1.165, 1.54) is 12.2 Å². The summed E-state index contributed by atoms with van der Waals surface area (Å²) in [4.78, 5) is 26.8. The van der Waals surface area contributed by atoms with Crippen LogP contribution >= 0.6 is 0 Å². The van der Waals surface area contributed by atoms with E-state index in [2.05, 4.69) is 20.1 Å². The largest absolute Gasteiger partial charge is 0.335 e. The molecule has 21 heavy (non-hydrogen) atoms. The van der Waals surface area contributed by atoms with Gasteiger partial charge in [-0.2, -0.15) is 0 Å². The van der Waals surface area contributed by atoms with Crippen LogP contribution in [-0.2, 0) is 9.59 Å². The molecule has 0 saturated heterocycles. The average molecular weight is 292 g/mol. The van der Waals surface area contributed by atoms with Crippen molar-refractivity contribution in [2.45, 2.75) is 33.1 Å². The van der Waals surface area contributed by atoms with Crippen LogP contribution in [0, 0.1) is 0 Å². The van der Waals surface area contributed by atoms with E-state index in [0.717, 1.165) is 25.8 Å². The van der Waals surface area contributed by atoms with Gasteiger partial charge in [0.1, 0.15) is 0 Å². The van der Waals surface area contributed by atoms with Crippen LogP contribution in [0.2, 0.25) is 0 Å². The summed E-state index contributed by atoms with van der Waals surface area (Å²) in [6.45, 7) is 13.7. The summed E-state index contributed by atoms with van der Waals surface area (Å²) in [6, 6.07) is 0. The molecule has 0 unspecified atom stereocenters. The number of hydrogen-bond donors (Lipinski definition) is 0. The van der Waals surface area contributed by atoms with Crippen molar-refractivity contribution in [3.05, 3.63) is 37.5 Å². The van der Waals surface area contributed by atoms with Crippen molar-refractivity contribution in [3.8, 4) is 0 Å². The molecule has 0 heterocycles. The van der Waals surface area contributed by atoms with Crippen LogP contribution in [0.3, 0.4) is 0 Å². The lowest BCUT2D eigenvalue weighted by Crippen LogP contribution is -2.32. The minimum Gasteiger partial charge on any atom is -0.335 e. The number of amides is 2. The van der Waals surface area contributed by atoms with Crippen molar-refractivity contribution in [1.82, 2.24) is 9.80 Å². The van der Waals surface area contributed by atoms with Crippen molar-refractivity contribution < 1.29 is 9.59 Å². The first-order valence-electron chi connectivity index (χ1n) is 7.58. The number of unbranched alkanes of at least 4 members (excludes halogenated alkanes) is 1. The van der Waals surface area contributed by atoms with Crippen LogP contribution in [-0.4, -0.2) is 47.8 Å². The zero-order valence-corrected chi connectivity index (χ0v) is 13.4. The molecule has 2 amide bonds. The van der Waals surface area contributed by atoms with Crippen LogP contribution in [0.5, 0.6) is 0 Å². The molecule has 0 aliphatic heterocycles. The molecule has 0 rings (SSSR count). The minimum absolute atomic E-state index is 0.0549. The van der Waals surface area contributed by atoms with Crippen LogP contribution < -0.4 is 0 Å². The predicted molar refractivity (Wildman–Crippen MR) is 87.9 cm³/mol. The summed E-state index contributed by atoms with van der Waals surface area (Å²) < 4.78 is 0. The van der Waals surface area contributed by atoms with Crippen molar-refractivity contribution >= 4 is 11.8 Å². The Morgan fingerprint density at radius 2 is 1.33 bits per heavy atom. The van der Waals surface area contributed by atoms with Gasteiger partial charge < -0.3 is 9.80 Å². The molecule has 0 aromatic heterocycles. The van der Waals surface area contributed by atoms with Crippen LogP contribution in [0.1, 0.15) is 33.1 Å². The summed E-state index contributed by atoms with van der Waals surface area (Å²) in [5, 5.41) is 0. The second-order valence-electron chi connectivity index (χ2n) is 4.80. The highest BCUT2D eigenvalue weighted by atomic mass is 16.2. The lowest BCUT2D eigenvalue weighted by molar-refractivity contribution is -0.126. The highest BCUT2D eigenvalue weighted by Crippen LogP contribution is 1.99. The van der Waals surface area contributed by atoms with E-state index < -0.39 is 0 Å². The molecule has 4 heteroatoms. The quantitative estimate of drug-likeness (QED) is 0.434. The maximum Gasteiger partial charge on any atom is 0.246 e. The maximum absolute atomic E-state index is 11.7. The summed E-state index contributed by atoms with van der Waals surface area (Å²) >= 11 is 0. The SMILES string of the molecule is C=CC(=O)N(C/C=C/CN(CCCC)C(=O)C=C)CCC. The van der Waals surface area contributed by atoms with Crippen molar-refractivity contribution in [2.75, 3.05) is 26.2 Å². The zero-order chi connectivity index (χ0) is 16.1. The molecule has 0 radical (unpaired) electrons. The fourth-order valence-electron chi connectivity index (χ4n) is 1.86. The van der Waals surface area contributed by atoms with Crippen LogP contribution in [0.15, 0.2) is 37.5 Å². The third-order valence-electron chi connectivity index (χ3n) is 3.07. The van der Waals surface area contributed by atoms with Crippen molar-refractivity contribution in [1.29, 1.82) is 0 Å². The second-order valence-corrected chi connectivity index (χ2v) is 4.80. The smallest absolute Gasteiger partial charge is 0.246 e. The molecule has 0 bridgehead atoms. The molecule has 0 saturated carbocycles.